The molecule has 1 amide bonds. The number of hydrogen-bond donors (Lipinski definition) is 1. The number of para-hydroxylation sites is 1. The van der Waals surface area contributed by atoms with E-state index in [9.17, 15) is 9.18 Å². The number of benzene rings is 3. The van der Waals surface area contributed by atoms with Gasteiger partial charge in [-0.15, -0.1) is 10.2 Å². The first-order valence-corrected chi connectivity index (χ1v) is 12.0. The van der Waals surface area contributed by atoms with Crippen molar-refractivity contribution in [2.24, 2.45) is 0 Å². The molecule has 4 aromatic rings. The van der Waals surface area contributed by atoms with Crippen molar-refractivity contribution >= 4 is 28.2 Å². The number of halogens is 1. The van der Waals surface area contributed by atoms with Crippen molar-refractivity contribution in [2.75, 3.05) is 42.5 Å². The number of fused-ring (bicyclic) bond motifs is 1. The molecule has 35 heavy (non-hydrogen) atoms. The van der Waals surface area contributed by atoms with Crippen LogP contribution in [-0.4, -0.2) is 48.8 Å². The summed E-state index contributed by atoms with van der Waals surface area (Å²) in [6.45, 7) is 3.32. The lowest BCUT2D eigenvalue weighted by Gasteiger charge is -2.37. The molecule has 0 atom stereocenters. The molecule has 5 rings (SSSR count). The lowest BCUT2D eigenvalue weighted by atomic mass is 10.1. The van der Waals surface area contributed by atoms with Crippen LogP contribution in [0.2, 0.25) is 0 Å². The molecule has 0 saturated carbocycles. The third-order valence-corrected chi connectivity index (χ3v) is 6.43. The molecule has 1 fully saturated rings. The summed E-state index contributed by atoms with van der Waals surface area (Å²) < 4.78 is 14.2. The molecule has 1 saturated heterocycles. The fraction of sp³-hybridized carbons (Fsp3) is 0.250. The van der Waals surface area contributed by atoms with Crippen LogP contribution in [0.15, 0.2) is 78.9 Å². The van der Waals surface area contributed by atoms with Gasteiger partial charge in [0.15, 0.2) is 11.5 Å². The number of carbonyl (C=O) groups excluding carboxylic acids is 1. The maximum atomic E-state index is 14.2. The minimum atomic E-state index is -0.210. The number of nitrogens with zero attached hydrogens (tertiary/aromatic N) is 4. The molecule has 1 aromatic heterocycles. The number of anilines is 2. The zero-order chi connectivity index (χ0) is 24.0. The summed E-state index contributed by atoms with van der Waals surface area (Å²) in [5.41, 5.74) is 2.22. The van der Waals surface area contributed by atoms with E-state index in [-0.39, 0.29) is 11.7 Å². The predicted molar refractivity (Wildman–Crippen MR) is 137 cm³/mol. The summed E-state index contributed by atoms with van der Waals surface area (Å²) in [4.78, 5) is 17.1. The highest BCUT2D eigenvalue weighted by Gasteiger charge is 2.23. The van der Waals surface area contributed by atoms with Crippen molar-refractivity contribution in [1.29, 1.82) is 0 Å². The van der Waals surface area contributed by atoms with Crippen LogP contribution in [0, 0.1) is 5.82 Å². The largest absolute Gasteiger partial charge is 0.366 e. The third kappa shape index (κ3) is 5.09. The van der Waals surface area contributed by atoms with Crippen LogP contribution in [-0.2, 0) is 6.42 Å². The number of nitrogens with one attached hydrogen (secondary N) is 1. The van der Waals surface area contributed by atoms with Crippen LogP contribution in [0.5, 0.6) is 0 Å². The van der Waals surface area contributed by atoms with Gasteiger partial charge in [0.1, 0.15) is 5.82 Å². The van der Waals surface area contributed by atoms with E-state index in [1.54, 1.807) is 6.07 Å². The van der Waals surface area contributed by atoms with E-state index in [4.69, 9.17) is 0 Å². The van der Waals surface area contributed by atoms with Crippen LogP contribution in [0.3, 0.4) is 0 Å². The zero-order valence-electron chi connectivity index (χ0n) is 19.5. The molecule has 178 valence electrons. The first-order chi connectivity index (χ1) is 17.2. The lowest BCUT2D eigenvalue weighted by molar-refractivity contribution is 0.0949. The van der Waals surface area contributed by atoms with Gasteiger partial charge < -0.3 is 15.1 Å². The molecule has 0 radical (unpaired) electrons. The van der Waals surface area contributed by atoms with Gasteiger partial charge in [-0.05, 0) is 30.5 Å². The second-order valence-electron chi connectivity index (χ2n) is 8.69. The van der Waals surface area contributed by atoms with Gasteiger partial charge in [-0.25, -0.2) is 4.39 Å². The number of piperazine rings is 1. The van der Waals surface area contributed by atoms with Gasteiger partial charge in [-0.3, -0.25) is 4.79 Å². The molecule has 0 bridgehead atoms. The Morgan fingerprint density at radius 1 is 0.800 bits per heavy atom. The van der Waals surface area contributed by atoms with Crippen LogP contribution in [0.1, 0.15) is 22.5 Å². The number of aryl methyl sites for hydroxylation is 1. The summed E-state index contributed by atoms with van der Waals surface area (Å²) in [6.07, 6.45) is 1.76. The number of hydrogen-bond acceptors (Lipinski definition) is 5. The van der Waals surface area contributed by atoms with Crippen LogP contribution >= 0.6 is 0 Å². The molecule has 0 aliphatic carbocycles. The molecule has 1 aliphatic rings. The molecular weight excluding hydrogens is 441 g/mol. The quantitative estimate of drug-likeness (QED) is 0.405. The molecule has 3 aromatic carbocycles. The van der Waals surface area contributed by atoms with Crippen molar-refractivity contribution in [2.45, 2.75) is 12.8 Å². The van der Waals surface area contributed by atoms with Crippen molar-refractivity contribution in [3.63, 3.8) is 0 Å². The van der Waals surface area contributed by atoms with E-state index < -0.39 is 0 Å². The molecule has 0 unspecified atom stereocenters. The summed E-state index contributed by atoms with van der Waals surface area (Å²) in [5.74, 6) is 0.345. The Morgan fingerprint density at radius 3 is 2.23 bits per heavy atom. The predicted octanol–water partition coefficient (Wildman–Crippen LogP) is 4.46. The second-order valence-corrected chi connectivity index (χ2v) is 8.69. The molecule has 6 nitrogen and oxygen atoms in total. The SMILES string of the molecule is O=C(NCCCc1ccccc1)c1nnc(N2CCN(c3ccccc3F)CC2)c2ccccc12. The van der Waals surface area contributed by atoms with Crippen molar-refractivity contribution in [1.82, 2.24) is 15.5 Å². The number of carbonyl (C=O) groups is 1. The fourth-order valence-corrected chi connectivity index (χ4v) is 4.58. The lowest BCUT2D eigenvalue weighted by Crippen LogP contribution is -2.47. The molecule has 2 heterocycles. The Kier molecular flexibility index (Phi) is 6.84. The normalized spacial score (nSPS) is 13.7. The highest BCUT2D eigenvalue weighted by Crippen LogP contribution is 2.28. The van der Waals surface area contributed by atoms with E-state index in [1.807, 2.05) is 54.6 Å². The molecular formula is C28H28FN5O. The van der Waals surface area contributed by atoms with Gasteiger partial charge in [-0.2, -0.15) is 0 Å². The minimum Gasteiger partial charge on any atom is -0.366 e. The van der Waals surface area contributed by atoms with Gasteiger partial charge in [-0.1, -0.05) is 66.7 Å². The first kappa shape index (κ1) is 22.8. The van der Waals surface area contributed by atoms with E-state index in [0.29, 0.717) is 44.1 Å². The Balaban J connectivity index is 1.26. The standard InChI is InChI=1S/C28H28FN5O/c29-24-14-6-7-15-25(24)33-17-19-34(20-18-33)27-23-13-5-4-12-22(23)26(31-32-27)28(35)30-16-8-11-21-9-2-1-3-10-21/h1-7,9-10,12-15H,8,11,16-20H2,(H,30,35). The fourth-order valence-electron chi connectivity index (χ4n) is 4.58. The van der Waals surface area contributed by atoms with E-state index in [2.05, 4.69) is 37.4 Å². The molecule has 7 heteroatoms. The number of rotatable bonds is 7. The zero-order valence-corrected chi connectivity index (χ0v) is 19.5. The van der Waals surface area contributed by atoms with E-state index in [0.717, 1.165) is 29.4 Å². The molecule has 1 aliphatic heterocycles. The van der Waals surface area contributed by atoms with Gasteiger partial charge in [0.2, 0.25) is 0 Å². The summed E-state index contributed by atoms with van der Waals surface area (Å²) in [6, 6.07) is 24.9. The van der Waals surface area contributed by atoms with Crippen molar-refractivity contribution in [3.8, 4) is 0 Å². The van der Waals surface area contributed by atoms with Crippen molar-refractivity contribution in [3.05, 3.63) is 95.9 Å². The topological polar surface area (TPSA) is 61.4 Å². The van der Waals surface area contributed by atoms with Crippen LogP contribution in [0.25, 0.3) is 10.8 Å². The number of aromatic nitrogens is 2. The average Bonchev–Trinajstić information content (AvgIpc) is 2.91. The summed E-state index contributed by atoms with van der Waals surface area (Å²) in [7, 11) is 0. The molecule has 0 spiro atoms. The smallest absolute Gasteiger partial charge is 0.272 e. The Bertz CT molecular complexity index is 1310. The Hall–Kier alpha value is -4.00. The van der Waals surface area contributed by atoms with Crippen LogP contribution < -0.4 is 15.1 Å². The Morgan fingerprint density at radius 2 is 1.46 bits per heavy atom. The monoisotopic (exact) mass is 469 g/mol. The van der Waals surface area contributed by atoms with E-state index >= 15 is 0 Å². The minimum absolute atomic E-state index is 0.203. The number of amides is 1. The van der Waals surface area contributed by atoms with Gasteiger partial charge in [0.25, 0.3) is 5.91 Å². The van der Waals surface area contributed by atoms with Gasteiger partial charge in [0, 0.05) is 43.5 Å². The first-order valence-electron chi connectivity index (χ1n) is 12.0. The van der Waals surface area contributed by atoms with E-state index in [1.165, 1.54) is 11.6 Å². The maximum Gasteiger partial charge on any atom is 0.272 e. The van der Waals surface area contributed by atoms with Gasteiger partial charge >= 0.3 is 0 Å². The highest BCUT2D eigenvalue weighted by atomic mass is 19.1. The second kappa shape index (κ2) is 10.5. The highest BCUT2D eigenvalue weighted by molar-refractivity contribution is 6.07. The maximum absolute atomic E-state index is 14.2. The van der Waals surface area contributed by atoms with Gasteiger partial charge in [0.05, 0.1) is 5.69 Å². The van der Waals surface area contributed by atoms with Crippen LogP contribution in [0.4, 0.5) is 15.9 Å². The Labute approximate surface area is 204 Å². The van der Waals surface area contributed by atoms with Crippen molar-refractivity contribution < 1.29 is 9.18 Å². The molecule has 1 N–H and O–H groups in total. The summed E-state index contributed by atoms with van der Waals surface area (Å²) in [5, 5.41) is 13.5. The third-order valence-electron chi connectivity index (χ3n) is 6.43. The summed E-state index contributed by atoms with van der Waals surface area (Å²) >= 11 is 0. The average molecular weight is 470 g/mol.